The quantitative estimate of drug-likeness (QED) is 0.909. The van der Waals surface area contributed by atoms with E-state index in [-0.39, 0.29) is 11.8 Å². The Morgan fingerprint density at radius 1 is 0.952 bits per heavy atom. The van der Waals surface area contributed by atoms with Crippen molar-refractivity contribution in [2.45, 2.75) is 20.8 Å². The van der Waals surface area contributed by atoms with Crippen molar-refractivity contribution in [2.24, 2.45) is 0 Å². The van der Waals surface area contributed by atoms with Crippen molar-refractivity contribution in [1.82, 2.24) is 4.98 Å². The number of carbonyl (C=O) groups excluding carboxylic acids is 2. The normalized spacial score (nSPS) is 10.0. The van der Waals surface area contributed by atoms with Crippen LogP contribution in [0, 0.1) is 13.8 Å². The van der Waals surface area contributed by atoms with Gasteiger partial charge in [0.15, 0.2) is 0 Å². The van der Waals surface area contributed by atoms with Gasteiger partial charge in [0.25, 0.3) is 5.91 Å². The van der Waals surface area contributed by atoms with Crippen LogP contribution in [0.1, 0.15) is 28.7 Å². The van der Waals surface area contributed by atoms with Gasteiger partial charge in [-0.05, 0) is 43.7 Å². The molecule has 5 nitrogen and oxygen atoms in total. The number of anilines is 2. The summed E-state index contributed by atoms with van der Waals surface area (Å²) in [7, 11) is 0. The van der Waals surface area contributed by atoms with Crippen LogP contribution in [0.4, 0.5) is 11.4 Å². The summed E-state index contributed by atoms with van der Waals surface area (Å²) in [6.45, 7) is 5.12. The second-order valence-corrected chi connectivity index (χ2v) is 4.78. The van der Waals surface area contributed by atoms with Gasteiger partial charge in [-0.3, -0.25) is 9.59 Å². The fourth-order valence-corrected chi connectivity index (χ4v) is 1.95. The van der Waals surface area contributed by atoms with Gasteiger partial charge in [0.05, 0.1) is 0 Å². The first-order valence-electron chi connectivity index (χ1n) is 6.59. The van der Waals surface area contributed by atoms with Crippen molar-refractivity contribution < 1.29 is 9.59 Å². The number of aryl methyl sites for hydroxylation is 1. The van der Waals surface area contributed by atoms with Gasteiger partial charge in [-0.1, -0.05) is 12.1 Å². The van der Waals surface area contributed by atoms with Gasteiger partial charge in [0.2, 0.25) is 5.91 Å². The summed E-state index contributed by atoms with van der Waals surface area (Å²) in [5.74, 6) is -0.427. The number of rotatable bonds is 3. The van der Waals surface area contributed by atoms with E-state index in [4.69, 9.17) is 0 Å². The topological polar surface area (TPSA) is 71.1 Å². The maximum atomic E-state index is 12.2. The lowest BCUT2D eigenvalue weighted by molar-refractivity contribution is -0.114. The van der Waals surface area contributed by atoms with Gasteiger partial charge in [-0.25, -0.2) is 4.98 Å². The van der Waals surface area contributed by atoms with E-state index in [1.807, 2.05) is 19.9 Å². The zero-order valence-corrected chi connectivity index (χ0v) is 12.2. The van der Waals surface area contributed by atoms with E-state index >= 15 is 0 Å². The largest absolute Gasteiger partial charge is 0.326 e. The first-order chi connectivity index (χ1) is 9.97. The third-order valence-corrected chi connectivity index (χ3v) is 3.01. The minimum Gasteiger partial charge on any atom is -0.326 e. The Morgan fingerprint density at radius 2 is 1.57 bits per heavy atom. The zero-order chi connectivity index (χ0) is 15.4. The molecule has 2 amide bonds. The average Bonchev–Trinajstić information content (AvgIpc) is 2.42. The minimum atomic E-state index is -0.276. The van der Waals surface area contributed by atoms with Crippen molar-refractivity contribution in [1.29, 1.82) is 0 Å². The van der Waals surface area contributed by atoms with Crippen LogP contribution in [0.5, 0.6) is 0 Å². The molecule has 0 aliphatic rings. The van der Waals surface area contributed by atoms with E-state index in [2.05, 4.69) is 15.6 Å². The molecular weight excluding hydrogens is 266 g/mol. The summed E-state index contributed by atoms with van der Waals surface area (Å²) in [4.78, 5) is 27.5. The molecule has 0 unspecified atom stereocenters. The highest BCUT2D eigenvalue weighted by molar-refractivity contribution is 6.04. The van der Waals surface area contributed by atoms with Crippen molar-refractivity contribution in [3.63, 3.8) is 0 Å². The molecule has 0 bridgehead atoms. The monoisotopic (exact) mass is 283 g/mol. The van der Waals surface area contributed by atoms with Crippen molar-refractivity contribution in [2.75, 3.05) is 10.6 Å². The molecule has 0 aliphatic heterocycles. The van der Waals surface area contributed by atoms with Gasteiger partial charge >= 0.3 is 0 Å². The second kappa shape index (κ2) is 6.17. The van der Waals surface area contributed by atoms with Crippen LogP contribution < -0.4 is 10.6 Å². The number of carbonyl (C=O) groups is 2. The summed E-state index contributed by atoms with van der Waals surface area (Å²) < 4.78 is 0. The molecule has 1 aromatic heterocycles. The molecule has 2 N–H and O–H groups in total. The lowest BCUT2D eigenvalue weighted by Gasteiger charge is -2.12. The number of nitrogens with zero attached hydrogens (tertiary/aromatic N) is 1. The van der Waals surface area contributed by atoms with Crippen LogP contribution in [0.3, 0.4) is 0 Å². The lowest BCUT2D eigenvalue weighted by atomic mass is 10.1. The number of hydrogen-bond donors (Lipinski definition) is 2. The fourth-order valence-electron chi connectivity index (χ4n) is 1.95. The summed E-state index contributed by atoms with van der Waals surface area (Å²) in [5.41, 5.74) is 3.27. The number of hydrogen-bond acceptors (Lipinski definition) is 3. The summed E-state index contributed by atoms with van der Waals surface area (Å²) >= 11 is 0. The van der Waals surface area contributed by atoms with Gasteiger partial charge in [0, 0.05) is 24.0 Å². The van der Waals surface area contributed by atoms with Crippen LogP contribution in [0.2, 0.25) is 0 Å². The molecule has 0 saturated heterocycles. The molecule has 1 aromatic carbocycles. The second-order valence-electron chi connectivity index (χ2n) is 4.78. The predicted molar refractivity (Wildman–Crippen MR) is 82.4 cm³/mol. The smallest absolute Gasteiger partial charge is 0.274 e. The number of benzene rings is 1. The number of amides is 2. The third kappa shape index (κ3) is 3.66. The average molecular weight is 283 g/mol. The Hall–Kier alpha value is -2.69. The Kier molecular flexibility index (Phi) is 4.33. The molecular formula is C16H17N3O2. The van der Waals surface area contributed by atoms with E-state index < -0.39 is 0 Å². The highest BCUT2D eigenvalue weighted by atomic mass is 16.2. The van der Waals surface area contributed by atoms with E-state index in [1.54, 1.807) is 30.3 Å². The summed E-state index contributed by atoms with van der Waals surface area (Å²) in [6, 6.07) is 10.6. The molecule has 0 radical (unpaired) electrons. The molecule has 0 atom stereocenters. The van der Waals surface area contributed by atoms with Gasteiger partial charge in [0.1, 0.15) is 5.69 Å². The summed E-state index contributed by atoms with van der Waals surface area (Å²) in [5, 5.41) is 5.54. The Bertz CT molecular complexity index is 696. The van der Waals surface area contributed by atoms with Gasteiger partial charge in [-0.15, -0.1) is 0 Å². The van der Waals surface area contributed by atoms with Crippen LogP contribution in [0.15, 0.2) is 36.4 Å². The van der Waals surface area contributed by atoms with Crippen LogP contribution >= 0.6 is 0 Å². The van der Waals surface area contributed by atoms with E-state index in [1.165, 1.54) is 6.92 Å². The Balaban J connectivity index is 2.23. The molecule has 0 saturated carbocycles. The lowest BCUT2D eigenvalue weighted by Crippen LogP contribution is -2.15. The highest BCUT2D eigenvalue weighted by Crippen LogP contribution is 2.23. The predicted octanol–water partition coefficient (Wildman–Crippen LogP) is 2.91. The van der Waals surface area contributed by atoms with Crippen LogP contribution in [-0.2, 0) is 4.79 Å². The number of aromatic nitrogens is 1. The van der Waals surface area contributed by atoms with E-state index in [0.29, 0.717) is 17.1 Å². The third-order valence-electron chi connectivity index (χ3n) is 3.01. The molecule has 0 aliphatic carbocycles. The maximum Gasteiger partial charge on any atom is 0.274 e. The summed E-state index contributed by atoms with van der Waals surface area (Å²) in [6.07, 6.45) is 0. The minimum absolute atomic E-state index is 0.151. The Morgan fingerprint density at radius 3 is 2.19 bits per heavy atom. The molecule has 0 fully saturated rings. The molecule has 1 heterocycles. The SMILES string of the molecule is CC(=O)Nc1cccc(NC(=O)c2cccc(C)n2)c1C. The fraction of sp³-hybridized carbons (Fsp3) is 0.188. The van der Waals surface area contributed by atoms with Gasteiger partial charge in [-0.2, -0.15) is 0 Å². The highest BCUT2D eigenvalue weighted by Gasteiger charge is 2.11. The van der Waals surface area contributed by atoms with Crippen molar-refractivity contribution >= 4 is 23.2 Å². The molecule has 0 spiro atoms. The molecule has 108 valence electrons. The van der Waals surface area contributed by atoms with Crippen molar-refractivity contribution in [3.8, 4) is 0 Å². The van der Waals surface area contributed by atoms with Crippen molar-refractivity contribution in [3.05, 3.63) is 53.3 Å². The van der Waals surface area contributed by atoms with Crippen LogP contribution in [0.25, 0.3) is 0 Å². The molecule has 21 heavy (non-hydrogen) atoms. The number of pyridine rings is 1. The molecule has 5 heteroatoms. The number of nitrogens with one attached hydrogen (secondary N) is 2. The Labute approximate surface area is 123 Å². The molecule has 2 aromatic rings. The van der Waals surface area contributed by atoms with E-state index in [9.17, 15) is 9.59 Å². The van der Waals surface area contributed by atoms with Crippen LogP contribution in [-0.4, -0.2) is 16.8 Å². The first kappa shape index (κ1) is 14.7. The van der Waals surface area contributed by atoms with Gasteiger partial charge < -0.3 is 10.6 Å². The maximum absolute atomic E-state index is 12.2. The standard InChI is InChI=1S/C16H17N3O2/c1-10-6-4-9-15(17-10)16(21)19-14-8-5-7-13(11(14)2)18-12(3)20/h4-9H,1-3H3,(H,18,20)(H,19,21). The van der Waals surface area contributed by atoms with E-state index in [0.717, 1.165) is 11.3 Å². The first-order valence-corrected chi connectivity index (χ1v) is 6.59. The molecule has 2 rings (SSSR count). The zero-order valence-electron chi connectivity index (χ0n) is 12.2.